The maximum absolute atomic E-state index is 11.2. The lowest BCUT2D eigenvalue weighted by atomic mass is 10.1. The second kappa shape index (κ2) is 8.30. The zero-order chi connectivity index (χ0) is 13.7. The molecule has 0 saturated carbocycles. The summed E-state index contributed by atoms with van der Waals surface area (Å²) in [4.78, 5) is 13.6. The van der Waals surface area contributed by atoms with E-state index in [0.717, 1.165) is 10.5 Å². The molecular formula is C13H20ClNO3S. The minimum atomic E-state index is -0.975. The maximum Gasteiger partial charge on any atom is 0.320 e. The average molecular weight is 306 g/mol. The van der Waals surface area contributed by atoms with Crippen LogP contribution in [0.4, 0.5) is 0 Å². The predicted molar refractivity (Wildman–Crippen MR) is 79.2 cm³/mol. The molecule has 0 saturated heterocycles. The Morgan fingerprint density at radius 1 is 1.37 bits per heavy atom. The molecule has 6 heteroatoms. The van der Waals surface area contributed by atoms with Gasteiger partial charge in [0.05, 0.1) is 0 Å². The fourth-order valence-electron chi connectivity index (χ4n) is 1.86. The van der Waals surface area contributed by atoms with Crippen LogP contribution in [0.15, 0.2) is 29.2 Å². The molecule has 1 aromatic rings. The van der Waals surface area contributed by atoms with E-state index in [1.165, 1.54) is 0 Å². The monoisotopic (exact) mass is 305 g/mol. The van der Waals surface area contributed by atoms with E-state index in [-0.39, 0.29) is 12.4 Å². The first kappa shape index (κ1) is 18.1. The highest BCUT2D eigenvalue weighted by Crippen LogP contribution is 2.12. The molecule has 0 aliphatic heterocycles. The molecule has 2 unspecified atom stereocenters. The van der Waals surface area contributed by atoms with E-state index in [2.05, 4.69) is 0 Å². The summed E-state index contributed by atoms with van der Waals surface area (Å²) in [5.41, 5.74) is 1.02. The van der Waals surface area contributed by atoms with E-state index in [9.17, 15) is 9.00 Å². The van der Waals surface area contributed by atoms with E-state index < -0.39 is 22.8 Å². The largest absolute Gasteiger partial charge is 0.480 e. The molecule has 0 heterocycles. The molecular weight excluding hydrogens is 286 g/mol. The van der Waals surface area contributed by atoms with Crippen LogP contribution in [-0.2, 0) is 22.1 Å². The number of hydrogen-bond donors (Lipinski definition) is 1. The minimum Gasteiger partial charge on any atom is -0.480 e. The lowest BCUT2D eigenvalue weighted by Gasteiger charge is -2.23. The lowest BCUT2D eigenvalue weighted by Crippen LogP contribution is -2.37. The Morgan fingerprint density at radius 3 is 2.26 bits per heavy atom. The van der Waals surface area contributed by atoms with Gasteiger partial charge in [0.15, 0.2) is 0 Å². The van der Waals surface area contributed by atoms with Crippen LogP contribution in [-0.4, -0.2) is 39.5 Å². The molecule has 0 fully saturated rings. The van der Waals surface area contributed by atoms with Gasteiger partial charge in [-0.25, -0.2) is 0 Å². The van der Waals surface area contributed by atoms with Crippen molar-refractivity contribution in [1.82, 2.24) is 4.90 Å². The minimum absolute atomic E-state index is 0. The fourth-order valence-corrected chi connectivity index (χ4v) is 2.38. The summed E-state index contributed by atoms with van der Waals surface area (Å²) >= 11 is 0. The molecule has 1 N–H and O–H groups in total. The van der Waals surface area contributed by atoms with Crippen LogP contribution in [0.25, 0.3) is 0 Å². The van der Waals surface area contributed by atoms with Gasteiger partial charge in [-0.15, -0.1) is 12.4 Å². The normalized spacial score (nSPS) is 13.7. The first-order valence-corrected chi connectivity index (χ1v) is 7.37. The Morgan fingerprint density at radius 2 is 1.89 bits per heavy atom. The number of rotatable bonds is 6. The van der Waals surface area contributed by atoms with Crippen LogP contribution in [0.5, 0.6) is 0 Å². The maximum atomic E-state index is 11.2. The van der Waals surface area contributed by atoms with Crippen molar-refractivity contribution in [2.24, 2.45) is 0 Å². The van der Waals surface area contributed by atoms with Crippen molar-refractivity contribution in [3.63, 3.8) is 0 Å². The van der Waals surface area contributed by atoms with E-state index in [0.29, 0.717) is 13.0 Å². The van der Waals surface area contributed by atoms with Crippen molar-refractivity contribution in [3.05, 3.63) is 29.8 Å². The number of likely N-dealkylation sites (N-methyl/N-ethyl adjacent to an activating group) is 1. The van der Waals surface area contributed by atoms with Crippen LogP contribution in [0, 0.1) is 0 Å². The van der Waals surface area contributed by atoms with Gasteiger partial charge in [0.1, 0.15) is 6.04 Å². The first-order valence-electron chi connectivity index (χ1n) is 5.81. The van der Waals surface area contributed by atoms with E-state index >= 15 is 0 Å². The second-order valence-electron chi connectivity index (χ2n) is 4.28. The summed E-state index contributed by atoms with van der Waals surface area (Å²) in [6, 6.07) is 6.95. The smallest absolute Gasteiger partial charge is 0.320 e. The quantitative estimate of drug-likeness (QED) is 0.875. The number of halogens is 1. The first-order chi connectivity index (χ1) is 8.45. The number of hydrogen-bond acceptors (Lipinski definition) is 3. The van der Waals surface area contributed by atoms with Gasteiger partial charge in [-0.05, 0) is 31.2 Å². The Balaban J connectivity index is 0.00000324. The molecule has 108 valence electrons. The molecule has 0 aromatic heterocycles. The molecule has 4 nitrogen and oxygen atoms in total. The topological polar surface area (TPSA) is 57.6 Å². The third-order valence-corrected chi connectivity index (χ3v) is 3.83. The second-order valence-corrected chi connectivity index (χ2v) is 5.66. The molecule has 19 heavy (non-hydrogen) atoms. The molecule has 0 aliphatic rings. The van der Waals surface area contributed by atoms with Crippen LogP contribution in [0.1, 0.15) is 18.9 Å². The summed E-state index contributed by atoms with van der Waals surface area (Å²) in [6.07, 6.45) is 2.21. The number of nitrogens with zero attached hydrogens (tertiary/aromatic N) is 1. The summed E-state index contributed by atoms with van der Waals surface area (Å²) < 4.78 is 11.2. The fraction of sp³-hybridized carbons (Fsp3) is 0.462. The molecule has 1 rings (SSSR count). The number of aliphatic carboxylic acids is 1. The zero-order valence-electron chi connectivity index (χ0n) is 11.3. The van der Waals surface area contributed by atoms with Crippen molar-refractivity contribution < 1.29 is 14.1 Å². The average Bonchev–Trinajstić information content (AvgIpc) is 2.29. The Bertz CT molecular complexity index is 436. The van der Waals surface area contributed by atoms with Gasteiger partial charge < -0.3 is 5.11 Å². The molecule has 2 atom stereocenters. The molecule has 0 radical (unpaired) electrons. The van der Waals surface area contributed by atoms with E-state index in [1.54, 1.807) is 18.2 Å². The van der Waals surface area contributed by atoms with Crippen molar-refractivity contribution in [2.45, 2.75) is 30.8 Å². The molecule has 0 aliphatic carbocycles. The van der Waals surface area contributed by atoms with Crippen molar-refractivity contribution >= 4 is 29.2 Å². The number of carboxylic acid groups (broad SMARTS) is 1. The Kier molecular flexibility index (Phi) is 7.90. The zero-order valence-corrected chi connectivity index (χ0v) is 13.0. The molecule has 0 amide bonds. The van der Waals surface area contributed by atoms with E-state index in [4.69, 9.17) is 5.11 Å². The standard InChI is InChI=1S/C13H19NO3S.ClH/c1-4-12(13(15)16)14(2)9-10-5-7-11(8-6-10)18(3)17;/h5-8,12H,4,9H2,1-3H3,(H,15,16);1H. The number of carbonyl (C=O) groups is 1. The summed E-state index contributed by atoms with van der Waals surface area (Å²) in [7, 11) is 0.824. The van der Waals surface area contributed by atoms with Crippen molar-refractivity contribution in [1.29, 1.82) is 0 Å². The van der Waals surface area contributed by atoms with Crippen LogP contribution >= 0.6 is 12.4 Å². The van der Waals surface area contributed by atoms with Crippen LogP contribution in [0.2, 0.25) is 0 Å². The van der Waals surface area contributed by atoms with Gasteiger partial charge in [-0.3, -0.25) is 13.9 Å². The van der Waals surface area contributed by atoms with Gasteiger partial charge in [-0.2, -0.15) is 0 Å². The summed E-state index contributed by atoms with van der Waals surface area (Å²) in [5.74, 6) is -0.800. The van der Waals surface area contributed by atoms with Gasteiger partial charge in [0.2, 0.25) is 0 Å². The number of carboxylic acids is 1. The molecule has 0 spiro atoms. The van der Waals surface area contributed by atoms with E-state index in [1.807, 2.05) is 31.2 Å². The highest BCUT2D eigenvalue weighted by molar-refractivity contribution is 7.84. The highest BCUT2D eigenvalue weighted by atomic mass is 35.5. The van der Waals surface area contributed by atoms with Crippen molar-refractivity contribution in [2.75, 3.05) is 13.3 Å². The third kappa shape index (κ3) is 5.30. The SMILES string of the molecule is CCC(C(=O)O)N(C)Cc1ccc(S(C)=O)cc1.Cl. The highest BCUT2D eigenvalue weighted by Gasteiger charge is 2.20. The van der Waals surface area contributed by atoms with Gasteiger partial charge in [0.25, 0.3) is 0 Å². The third-order valence-electron chi connectivity index (χ3n) is 2.89. The van der Waals surface area contributed by atoms with Crippen molar-refractivity contribution in [3.8, 4) is 0 Å². The number of benzene rings is 1. The summed E-state index contributed by atoms with van der Waals surface area (Å²) in [6.45, 7) is 2.43. The van der Waals surface area contributed by atoms with Gasteiger partial charge >= 0.3 is 5.97 Å². The Labute approximate surface area is 122 Å². The van der Waals surface area contributed by atoms with Crippen LogP contribution < -0.4 is 0 Å². The summed E-state index contributed by atoms with van der Waals surface area (Å²) in [5, 5.41) is 9.06. The predicted octanol–water partition coefficient (Wildman–Crippen LogP) is 2.14. The molecule has 1 aromatic carbocycles. The van der Waals surface area contributed by atoms with Gasteiger partial charge in [-0.1, -0.05) is 19.1 Å². The van der Waals surface area contributed by atoms with Gasteiger partial charge in [0, 0.05) is 28.5 Å². The van der Waals surface area contributed by atoms with Crippen LogP contribution in [0.3, 0.4) is 0 Å². The lowest BCUT2D eigenvalue weighted by molar-refractivity contribution is -0.143. The Hall–Kier alpha value is -0.910. The molecule has 0 bridgehead atoms.